The largest absolute Gasteiger partial charge is 0.297 e. The van der Waals surface area contributed by atoms with Crippen molar-refractivity contribution in [1.82, 2.24) is 4.57 Å². The second-order valence-electron chi connectivity index (χ2n) is 5.00. The molecule has 1 aromatic heterocycles. The maximum absolute atomic E-state index is 12.6. The zero-order chi connectivity index (χ0) is 17.7. The van der Waals surface area contributed by atoms with Crippen molar-refractivity contribution in [2.24, 2.45) is 0 Å². The number of nitriles is 2. The van der Waals surface area contributed by atoms with E-state index in [2.05, 4.69) is 0 Å². The topological polar surface area (TPSA) is 69.6 Å². The van der Waals surface area contributed by atoms with Crippen molar-refractivity contribution < 1.29 is 0 Å². The van der Waals surface area contributed by atoms with E-state index in [0.29, 0.717) is 25.8 Å². The van der Waals surface area contributed by atoms with Gasteiger partial charge in [-0.15, -0.1) is 11.3 Å². The molecule has 0 spiro atoms. The van der Waals surface area contributed by atoms with E-state index in [1.165, 1.54) is 4.57 Å². The fourth-order valence-electron chi connectivity index (χ4n) is 2.10. The minimum atomic E-state index is -0.211. The maximum Gasteiger partial charge on any atom is 0.269 e. The Morgan fingerprint density at radius 1 is 1.29 bits per heavy atom. The van der Waals surface area contributed by atoms with Crippen LogP contribution in [-0.4, -0.2) is 4.57 Å². The lowest BCUT2D eigenvalue weighted by molar-refractivity contribution is 0.609. The fraction of sp³-hybridized carbons (Fsp3) is 0.235. The molecule has 2 rings (SSSR count). The Kier molecular flexibility index (Phi) is 6.23. The number of aromatic nitrogens is 1. The molecule has 0 fully saturated rings. The Balaban J connectivity index is 2.73. The van der Waals surface area contributed by atoms with Crippen LogP contribution in [0.3, 0.4) is 0 Å². The summed E-state index contributed by atoms with van der Waals surface area (Å²) >= 11 is 13.0. The van der Waals surface area contributed by atoms with Crippen molar-refractivity contribution >= 4 is 46.2 Å². The minimum Gasteiger partial charge on any atom is -0.297 e. The number of rotatable bonds is 4. The molecule has 0 N–H and O–H groups in total. The predicted molar refractivity (Wildman–Crippen MR) is 97.4 cm³/mol. The molecular weight excluding hydrogens is 365 g/mol. The molecule has 0 radical (unpaired) electrons. The fourth-order valence-corrected chi connectivity index (χ4v) is 3.48. The first-order chi connectivity index (χ1) is 11.5. The summed E-state index contributed by atoms with van der Waals surface area (Å²) in [5, 5.41) is 19.1. The van der Waals surface area contributed by atoms with Crippen molar-refractivity contribution in [3.8, 4) is 12.1 Å². The number of halogens is 2. The van der Waals surface area contributed by atoms with Gasteiger partial charge in [0.05, 0.1) is 14.6 Å². The molecule has 0 amide bonds. The first-order valence-corrected chi connectivity index (χ1v) is 8.80. The van der Waals surface area contributed by atoms with E-state index in [1.807, 2.05) is 19.1 Å². The summed E-state index contributed by atoms with van der Waals surface area (Å²) in [5.74, 6) is 0. The van der Waals surface area contributed by atoms with Gasteiger partial charge in [0.1, 0.15) is 16.8 Å². The summed E-state index contributed by atoms with van der Waals surface area (Å²) in [4.78, 5) is 12.6. The van der Waals surface area contributed by atoms with Crippen LogP contribution in [-0.2, 0) is 6.54 Å². The van der Waals surface area contributed by atoms with E-state index in [-0.39, 0.29) is 11.1 Å². The van der Waals surface area contributed by atoms with Crippen molar-refractivity contribution in [2.45, 2.75) is 26.3 Å². The highest BCUT2D eigenvalue weighted by molar-refractivity contribution is 7.07. The molecule has 0 saturated heterocycles. The monoisotopic (exact) mass is 377 g/mol. The SMILES string of the molecule is CCCCn1c(=C(C#N)C#N)s/c(=C/c2ccc(Cl)c(Cl)c2)c1=O. The van der Waals surface area contributed by atoms with Crippen LogP contribution < -0.4 is 14.8 Å². The molecule has 24 heavy (non-hydrogen) atoms. The number of nitrogens with zero attached hydrogens (tertiary/aromatic N) is 3. The molecule has 0 saturated carbocycles. The number of hydrogen-bond acceptors (Lipinski definition) is 4. The van der Waals surface area contributed by atoms with Crippen LogP contribution in [0.25, 0.3) is 11.6 Å². The van der Waals surface area contributed by atoms with E-state index in [9.17, 15) is 4.79 Å². The highest BCUT2D eigenvalue weighted by Crippen LogP contribution is 2.22. The van der Waals surface area contributed by atoms with Crippen LogP contribution in [0.4, 0.5) is 0 Å². The van der Waals surface area contributed by atoms with Crippen LogP contribution in [0.15, 0.2) is 23.0 Å². The van der Waals surface area contributed by atoms with E-state index in [4.69, 9.17) is 33.7 Å². The first-order valence-electron chi connectivity index (χ1n) is 7.22. The number of benzene rings is 1. The average molecular weight is 378 g/mol. The highest BCUT2D eigenvalue weighted by atomic mass is 35.5. The quantitative estimate of drug-likeness (QED) is 0.821. The third-order valence-electron chi connectivity index (χ3n) is 3.32. The van der Waals surface area contributed by atoms with Gasteiger partial charge in [-0.1, -0.05) is 42.6 Å². The van der Waals surface area contributed by atoms with Gasteiger partial charge in [-0.3, -0.25) is 9.36 Å². The minimum absolute atomic E-state index is 0.0537. The van der Waals surface area contributed by atoms with E-state index >= 15 is 0 Å². The highest BCUT2D eigenvalue weighted by Gasteiger charge is 2.09. The standard InChI is InChI=1S/C17H13Cl2N3OS/c1-2-3-6-22-16(23)15(24-17(22)12(9-20)10-21)8-11-4-5-13(18)14(19)7-11/h4-5,7-8H,2-3,6H2,1H3/b15-8+. The third-order valence-corrected chi connectivity index (χ3v) is 5.19. The molecule has 2 aromatic rings. The van der Waals surface area contributed by atoms with Crippen molar-refractivity contribution in [2.75, 3.05) is 0 Å². The molecular formula is C17H13Cl2N3OS. The molecule has 7 heteroatoms. The second-order valence-corrected chi connectivity index (χ2v) is 6.84. The Labute approximate surface area is 153 Å². The van der Waals surface area contributed by atoms with Gasteiger partial charge in [-0.25, -0.2) is 0 Å². The Morgan fingerprint density at radius 3 is 2.58 bits per heavy atom. The lowest BCUT2D eigenvalue weighted by Gasteiger charge is -1.99. The molecule has 0 bridgehead atoms. The zero-order valence-electron chi connectivity index (χ0n) is 12.8. The summed E-state index contributed by atoms with van der Waals surface area (Å²) in [6, 6.07) is 8.79. The summed E-state index contributed by atoms with van der Waals surface area (Å²) in [6.07, 6.45) is 3.38. The van der Waals surface area contributed by atoms with Gasteiger partial charge in [-0.05, 0) is 30.2 Å². The molecule has 122 valence electrons. The molecule has 0 aliphatic carbocycles. The van der Waals surface area contributed by atoms with Crippen LogP contribution >= 0.6 is 34.5 Å². The van der Waals surface area contributed by atoms with Crippen LogP contribution in [0.5, 0.6) is 0 Å². The van der Waals surface area contributed by atoms with Gasteiger partial charge in [0.15, 0.2) is 5.57 Å². The lowest BCUT2D eigenvalue weighted by Crippen LogP contribution is -2.32. The molecule has 1 aromatic carbocycles. The molecule has 0 atom stereocenters. The van der Waals surface area contributed by atoms with Gasteiger partial charge in [-0.2, -0.15) is 10.5 Å². The van der Waals surface area contributed by atoms with Crippen molar-refractivity contribution in [3.63, 3.8) is 0 Å². The van der Waals surface area contributed by atoms with E-state index in [0.717, 1.165) is 29.7 Å². The predicted octanol–water partition coefficient (Wildman–Crippen LogP) is 3.04. The molecule has 0 aliphatic rings. The first kappa shape index (κ1) is 18.3. The smallest absolute Gasteiger partial charge is 0.269 e. The number of thiazole rings is 1. The number of unbranched alkanes of at least 4 members (excludes halogenated alkanes) is 1. The molecule has 0 unspecified atom stereocenters. The Bertz CT molecular complexity index is 1010. The van der Waals surface area contributed by atoms with Crippen molar-refractivity contribution in [3.05, 3.63) is 53.4 Å². The van der Waals surface area contributed by atoms with Crippen molar-refractivity contribution in [1.29, 1.82) is 10.5 Å². The summed E-state index contributed by atoms with van der Waals surface area (Å²) in [6.45, 7) is 2.49. The van der Waals surface area contributed by atoms with Gasteiger partial charge in [0.25, 0.3) is 5.56 Å². The van der Waals surface area contributed by atoms with Crippen LogP contribution in [0.2, 0.25) is 10.0 Å². The van der Waals surface area contributed by atoms with Crippen LogP contribution in [0.1, 0.15) is 25.3 Å². The Morgan fingerprint density at radius 2 is 2.00 bits per heavy atom. The van der Waals surface area contributed by atoms with Gasteiger partial charge >= 0.3 is 0 Å². The summed E-state index contributed by atoms with van der Waals surface area (Å²) in [7, 11) is 0. The second kappa shape index (κ2) is 8.17. The lowest BCUT2D eigenvalue weighted by atomic mass is 10.2. The third kappa shape index (κ3) is 3.88. The van der Waals surface area contributed by atoms with Gasteiger partial charge < -0.3 is 0 Å². The van der Waals surface area contributed by atoms with E-state index < -0.39 is 0 Å². The maximum atomic E-state index is 12.6. The van der Waals surface area contributed by atoms with Gasteiger partial charge in [0, 0.05) is 6.54 Å². The summed E-state index contributed by atoms with van der Waals surface area (Å²) in [5.41, 5.74) is 0.465. The Hall–Kier alpha value is -2.05. The van der Waals surface area contributed by atoms with Gasteiger partial charge in [0.2, 0.25) is 0 Å². The zero-order valence-corrected chi connectivity index (χ0v) is 15.2. The average Bonchev–Trinajstić information content (AvgIpc) is 2.86. The number of hydrogen-bond donors (Lipinski definition) is 0. The molecule has 0 aliphatic heterocycles. The van der Waals surface area contributed by atoms with Crippen LogP contribution in [0, 0.1) is 22.7 Å². The van der Waals surface area contributed by atoms with E-state index in [1.54, 1.807) is 24.3 Å². The molecule has 4 nitrogen and oxygen atoms in total. The molecule has 1 heterocycles. The summed E-state index contributed by atoms with van der Waals surface area (Å²) < 4.78 is 2.34. The normalized spacial score (nSPS) is 11.1.